The summed E-state index contributed by atoms with van der Waals surface area (Å²) >= 11 is 5.60. The highest BCUT2D eigenvalue weighted by Gasteiger charge is 2.28. The van der Waals surface area contributed by atoms with Gasteiger partial charge in [-0.15, -0.1) is 13.2 Å². The maximum absolute atomic E-state index is 11.7. The normalized spacial score (nSPS) is 12.5. The van der Waals surface area contributed by atoms with Gasteiger partial charge in [-0.05, 0) is 18.2 Å². The molecule has 0 aliphatic heterocycles. The average molecular weight is 320 g/mol. The number of hydrogen-bond donors (Lipinski definition) is 1. The fourth-order valence-electron chi connectivity index (χ4n) is 1.13. The van der Waals surface area contributed by atoms with Gasteiger partial charge in [-0.1, -0.05) is 11.6 Å². The molecule has 0 heterocycles. The van der Waals surface area contributed by atoms with Crippen LogP contribution in [0.1, 0.15) is 0 Å². The zero-order chi connectivity index (χ0) is 14.7. The Balaban J connectivity index is 2.74. The van der Waals surface area contributed by atoms with Crippen molar-refractivity contribution in [3.05, 3.63) is 23.2 Å². The third-order valence-electron chi connectivity index (χ3n) is 1.82. The molecule has 0 saturated carbocycles. The Morgan fingerprint density at radius 2 is 1.89 bits per heavy atom. The second-order valence-corrected chi connectivity index (χ2v) is 5.25. The molecule has 0 saturated heterocycles. The molecule has 10 heteroatoms. The van der Waals surface area contributed by atoms with E-state index in [0.29, 0.717) is 0 Å². The molecule has 0 spiro atoms. The van der Waals surface area contributed by atoms with Crippen LogP contribution in [0.25, 0.3) is 0 Å². The Bertz CT molecular complexity index is 547. The van der Waals surface area contributed by atoms with Crippen molar-refractivity contribution >= 4 is 21.6 Å². The van der Waals surface area contributed by atoms with Gasteiger partial charge in [0.25, 0.3) is 0 Å². The van der Waals surface area contributed by atoms with E-state index in [1.807, 2.05) is 0 Å². The van der Waals surface area contributed by atoms with E-state index in [0.717, 1.165) is 6.07 Å². The third-order valence-corrected chi connectivity index (χ3v) is 2.99. The summed E-state index contributed by atoms with van der Waals surface area (Å²) in [6.45, 7) is -1.28. The van der Waals surface area contributed by atoms with E-state index in [4.69, 9.17) is 21.5 Å². The second kappa shape index (κ2) is 5.95. The highest BCUT2D eigenvalue weighted by molar-refractivity contribution is 7.89. The van der Waals surface area contributed by atoms with Gasteiger partial charge in [0.05, 0.1) is 6.61 Å². The summed E-state index contributed by atoms with van der Waals surface area (Å²) < 4.78 is 65.9. The molecule has 0 aliphatic carbocycles. The Kier molecular flexibility index (Phi) is 5.02. The Labute approximate surface area is 112 Å². The molecule has 0 atom stereocenters. The SMILES string of the molecule is NS(=O)(=O)c1cc(Cl)ccc1OCCOC(F)(F)F. The maximum Gasteiger partial charge on any atom is 0.522 e. The molecule has 1 rings (SSSR count). The lowest BCUT2D eigenvalue weighted by Crippen LogP contribution is -2.19. The van der Waals surface area contributed by atoms with Crippen LogP contribution in [0.15, 0.2) is 23.1 Å². The van der Waals surface area contributed by atoms with Crippen LogP contribution in [0.4, 0.5) is 13.2 Å². The first-order chi connectivity index (χ1) is 8.59. The predicted octanol–water partition coefficient (Wildman–Crippen LogP) is 1.90. The number of sulfonamides is 1. The first-order valence-corrected chi connectivity index (χ1v) is 6.68. The van der Waals surface area contributed by atoms with Crippen molar-refractivity contribution in [1.82, 2.24) is 0 Å². The minimum absolute atomic E-state index is 0.0999. The number of benzene rings is 1. The molecule has 0 aliphatic rings. The molecule has 0 aromatic heterocycles. The molecular weight excluding hydrogens is 311 g/mol. The van der Waals surface area contributed by atoms with Crippen molar-refractivity contribution in [1.29, 1.82) is 0 Å². The van der Waals surface area contributed by atoms with Gasteiger partial charge in [0.1, 0.15) is 17.3 Å². The van der Waals surface area contributed by atoms with Crippen LogP contribution in [-0.4, -0.2) is 28.0 Å². The fraction of sp³-hybridized carbons (Fsp3) is 0.333. The Morgan fingerprint density at radius 1 is 1.26 bits per heavy atom. The van der Waals surface area contributed by atoms with E-state index >= 15 is 0 Å². The smallest absolute Gasteiger partial charge is 0.490 e. The highest BCUT2D eigenvalue weighted by Crippen LogP contribution is 2.26. The summed E-state index contributed by atoms with van der Waals surface area (Å²) in [7, 11) is -4.09. The summed E-state index contributed by atoms with van der Waals surface area (Å²) in [5.74, 6) is -0.197. The first-order valence-electron chi connectivity index (χ1n) is 4.75. The minimum atomic E-state index is -4.77. The molecule has 1 aromatic rings. The molecule has 0 unspecified atom stereocenters. The van der Waals surface area contributed by atoms with E-state index in [-0.39, 0.29) is 10.8 Å². The number of ether oxygens (including phenoxy) is 2. The van der Waals surface area contributed by atoms with Crippen LogP contribution in [-0.2, 0) is 14.8 Å². The van der Waals surface area contributed by atoms with Crippen molar-refractivity contribution in [2.75, 3.05) is 13.2 Å². The van der Waals surface area contributed by atoms with Gasteiger partial charge in [0.2, 0.25) is 10.0 Å². The maximum atomic E-state index is 11.7. The first kappa shape index (κ1) is 16.0. The van der Waals surface area contributed by atoms with Crippen LogP contribution in [0.5, 0.6) is 5.75 Å². The van der Waals surface area contributed by atoms with Gasteiger partial charge in [0, 0.05) is 5.02 Å². The number of alkyl halides is 3. The van der Waals surface area contributed by atoms with Crippen LogP contribution in [0.3, 0.4) is 0 Å². The third kappa shape index (κ3) is 5.64. The largest absolute Gasteiger partial charge is 0.522 e. The predicted molar refractivity (Wildman–Crippen MR) is 60.3 cm³/mol. The molecule has 0 bridgehead atoms. The molecule has 108 valence electrons. The molecule has 5 nitrogen and oxygen atoms in total. The fourth-order valence-corrected chi connectivity index (χ4v) is 2.07. The average Bonchev–Trinajstić information content (AvgIpc) is 2.23. The van der Waals surface area contributed by atoms with E-state index in [9.17, 15) is 21.6 Å². The Hall–Kier alpha value is -1.03. The van der Waals surface area contributed by atoms with Crippen LogP contribution in [0, 0.1) is 0 Å². The molecule has 2 N–H and O–H groups in total. The summed E-state index contributed by atoms with van der Waals surface area (Å²) in [5, 5.41) is 5.02. The summed E-state index contributed by atoms with van der Waals surface area (Å²) in [6.07, 6.45) is -4.77. The summed E-state index contributed by atoms with van der Waals surface area (Å²) in [5.41, 5.74) is 0. The van der Waals surface area contributed by atoms with Crippen LogP contribution < -0.4 is 9.88 Å². The van der Waals surface area contributed by atoms with Gasteiger partial charge in [0.15, 0.2) is 0 Å². The zero-order valence-corrected chi connectivity index (χ0v) is 10.8. The number of rotatable bonds is 5. The molecule has 1 aromatic carbocycles. The van der Waals surface area contributed by atoms with Gasteiger partial charge in [-0.2, -0.15) is 0 Å². The standard InChI is InChI=1S/C9H9ClF3NO4S/c10-6-1-2-7(8(5-6)19(14,15)16)17-3-4-18-9(11,12)13/h1-2,5H,3-4H2,(H2,14,15,16). The van der Waals surface area contributed by atoms with Crippen molar-refractivity contribution in [2.24, 2.45) is 5.14 Å². The Morgan fingerprint density at radius 3 is 2.42 bits per heavy atom. The topological polar surface area (TPSA) is 78.6 Å². The van der Waals surface area contributed by atoms with Gasteiger partial charge < -0.3 is 4.74 Å². The van der Waals surface area contributed by atoms with E-state index in [1.54, 1.807) is 0 Å². The molecular formula is C9H9ClF3NO4S. The van der Waals surface area contributed by atoms with Crippen molar-refractivity contribution in [3.63, 3.8) is 0 Å². The summed E-state index contributed by atoms with van der Waals surface area (Å²) in [6, 6.07) is 3.54. The van der Waals surface area contributed by atoms with Crippen LogP contribution in [0.2, 0.25) is 5.02 Å². The quantitative estimate of drug-likeness (QED) is 0.841. The van der Waals surface area contributed by atoms with Gasteiger partial charge >= 0.3 is 6.36 Å². The monoisotopic (exact) mass is 319 g/mol. The lowest BCUT2D eigenvalue weighted by Gasteiger charge is -2.11. The molecule has 0 fully saturated rings. The van der Waals surface area contributed by atoms with E-state index < -0.39 is 34.5 Å². The van der Waals surface area contributed by atoms with E-state index in [1.165, 1.54) is 12.1 Å². The lowest BCUT2D eigenvalue weighted by molar-refractivity contribution is -0.325. The van der Waals surface area contributed by atoms with Crippen LogP contribution >= 0.6 is 11.6 Å². The van der Waals surface area contributed by atoms with E-state index in [2.05, 4.69) is 4.74 Å². The van der Waals surface area contributed by atoms with Crippen molar-refractivity contribution in [3.8, 4) is 5.75 Å². The zero-order valence-electron chi connectivity index (χ0n) is 9.28. The molecule has 19 heavy (non-hydrogen) atoms. The number of primary sulfonamides is 1. The van der Waals surface area contributed by atoms with Gasteiger partial charge in [-0.25, -0.2) is 13.6 Å². The highest BCUT2D eigenvalue weighted by atomic mass is 35.5. The lowest BCUT2D eigenvalue weighted by atomic mass is 10.3. The number of hydrogen-bond acceptors (Lipinski definition) is 4. The minimum Gasteiger partial charge on any atom is -0.490 e. The molecule has 0 radical (unpaired) electrons. The second-order valence-electron chi connectivity index (χ2n) is 3.28. The van der Waals surface area contributed by atoms with Crippen molar-refractivity contribution < 1.29 is 31.1 Å². The van der Waals surface area contributed by atoms with Crippen molar-refractivity contribution in [2.45, 2.75) is 11.3 Å². The number of halogens is 4. The molecule has 0 amide bonds. The van der Waals surface area contributed by atoms with Gasteiger partial charge in [-0.3, -0.25) is 4.74 Å². The summed E-state index contributed by atoms with van der Waals surface area (Å²) in [4.78, 5) is -0.410. The number of nitrogens with two attached hydrogens (primary N) is 1.